The van der Waals surface area contributed by atoms with E-state index in [1.807, 2.05) is 10.8 Å². The van der Waals surface area contributed by atoms with E-state index < -0.39 is 5.97 Å². The molecule has 1 rings (SSSR count). The zero-order valence-electron chi connectivity index (χ0n) is 8.64. The number of aliphatic carboxylic acids is 1. The van der Waals surface area contributed by atoms with Crippen molar-refractivity contribution in [2.75, 3.05) is 0 Å². The molecular formula is C10H16N2O2. The zero-order chi connectivity index (χ0) is 10.6. The maximum atomic E-state index is 10.3. The van der Waals surface area contributed by atoms with Crippen LogP contribution in [0.5, 0.6) is 0 Å². The van der Waals surface area contributed by atoms with Crippen LogP contribution in [0.3, 0.4) is 0 Å². The van der Waals surface area contributed by atoms with Gasteiger partial charge in [0.25, 0.3) is 0 Å². The second-order valence-corrected chi connectivity index (χ2v) is 3.88. The van der Waals surface area contributed by atoms with E-state index in [2.05, 4.69) is 13.8 Å². The fourth-order valence-electron chi connectivity index (χ4n) is 1.22. The second kappa shape index (κ2) is 4.79. The quantitative estimate of drug-likeness (QED) is 0.600. The molecule has 0 aromatic carbocycles. The van der Waals surface area contributed by atoms with E-state index in [0.29, 0.717) is 5.92 Å². The molecule has 0 aliphatic heterocycles. The molecule has 1 heterocycles. The van der Waals surface area contributed by atoms with Crippen molar-refractivity contribution in [3.8, 4) is 0 Å². The number of imidazole rings is 1. The third-order valence-electron chi connectivity index (χ3n) is 2.02. The van der Waals surface area contributed by atoms with E-state index >= 15 is 0 Å². The van der Waals surface area contributed by atoms with Crippen molar-refractivity contribution in [1.29, 1.82) is 0 Å². The van der Waals surface area contributed by atoms with Crippen molar-refractivity contribution in [1.82, 2.24) is 4.57 Å². The lowest BCUT2D eigenvalue weighted by molar-refractivity contribution is -0.690. The first-order chi connectivity index (χ1) is 6.58. The van der Waals surface area contributed by atoms with Gasteiger partial charge < -0.3 is 9.90 Å². The van der Waals surface area contributed by atoms with Gasteiger partial charge in [-0.3, -0.25) is 0 Å². The van der Waals surface area contributed by atoms with E-state index in [4.69, 9.17) is 0 Å². The molecule has 0 spiro atoms. The Labute approximate surface area is 83.8 Å². The van der Waals surface area contributed by atoms with Gasteiger partial charge in [-0.25, -0.2) is 9.13 Å². The number of rotatable bonds is 5. The molecule has 78 valence electrons. The Morgan fingerprint density at radius 3 is 2.86 bits per heavy atom. The first-order valence-corrected chi connectivity index (χ1v) is 4.82. The number of aryl methyl sites for hydroxylation is 1. The Hall–Kier alpha value is -1.32. The highest BCUT2D eigenvalue weighted by molar-refractivity contribution is 5.62. The average molecular weight is 196 g/mol. The van der Waals surface area contributed by atoms with E-state index in [-0.39, 0.29) is 6.54 Å². The van der Waals surface area contributed by atoms with Gasteiger partial charge in [0, 0.05) is 0 Å². The Bertz CT molecular complexity index is 305. The lowest BCUT2D eigenvalue weighted by atomic mass is 10.1. The molecule has 0 fully saturated rings. The lowest BCUT2D eigenvalue weighted by Gasteiger charge is -2.00. The van der Waals surface area contributed by atoms with Crippen LogP contribution in [0, 0.1) is 5.92 Å². The summed E-state index contributed by atoms with van der Waals surface area (Å²) in [5.41, 5.74) is 0. The van der Waals surface area contributed by atoms with Crippen LogP contribution in [-0.2, 0) is 17.9 Å². The summed E-state index contributed by atoms with van der Waals surface area (Å²) in [6.07, 6.45) is 6.51. The molecule has 14 heavy (non-hydrogen) atoms. The van der Waals surface area contributed by atoms with Crippen LogP contribution in [0.25, 0.3) is 0 Å². The number of carboxylic acid groups (broad SMARTS) is 1. The van der Waals surface area contributed by atoms with Gasteiger partial charge in [-0.05, 0) is 12.3 Å². The normalized spacial score (nSPS) is 10.8. The second-order valence-electron chi connectivity index (χ2n) is 3.88. The Morgan fingerprint density at radius 1 is 1.57 bits per heavy atom. The van der Waals surface area contributed by atoms with Gasteiger partial charge in [0.1, 0.15) is 18.9 Å². The summed E-state index contributed by atoms with van der Waals surface area (Å²) in [6.45, 7) is 5.18. The standard InChI is InChI=1S/C10H16N2O2/c1-9(2)3-4-11-5-6-12(8-11)7-10(13)14/h5-6,8-9H,3-4,7H2,1-2H3. The van der Waals surface area contributed by atoms with Crippen molar-refractivity contribution >= 4 is 5.97 Å². The van der Waals surface area contributed by atoms with Crippen LogP contribution in [0.1, 0.15) is 20.3 Å². The monoisotopic (exact) mass is 196 g/mol. The van der Waals surface area contributed by atoms with Crippen LogP contribution in [0.4, 0.5) is 0 Å². The number of hydrogen-bond donors (Lipinski definition) is 0. The van der Waals surface area contributed by atoms with Crippen molar-refractivity contribution in [3.63, 3.8) is 0 Å². The summed E-state index contributed by atoms with van der Waals surface area (Å²) < 4.78 is 3.60. The number of carboxylic acids is 1. The summed E-state index contributed by atoms with van der Waals surface area (Å²) >= 11 is 0. The SMILES string of the molecule is CC(C)CCn1cc[n+](CC(=O)[O-])c1. The van der Waals surface area contributed by atoms with Gasteiger partial charge in [-0.2, -0.15) is 0 Å². The Morgan fingerprint density at radius 2 is 2.29 bits per heavy atom. The van der Waals surface area contributed by atoms with Gasteiger partial charge in [-0.15, -0.1) is 0 Å². The fraction of sp³-hybridized carbons (Fsp3) is 0.600. The molecule has 1 aromatic rings. The third-order valence-corrected chi connectivity index (χ3v) is 2.02. The van der Waals surface area contributed by atoms with Crippen LogP contribution < -0.4 is 9.67 Å². The maximum Gasteiger partial charge on any atom is 0.244 e. The van der Waals surface area contributed by atoms with E-state index in [0.717, 1.165) is 13.0 Å². The topological polar surface area (TPSA) is 48.9 Å². The number of carbonyl (C=O) groups excluding carboxylic acids is 1. The van der Waals surface area contributed by atoms with E-state index in [9.17, 15) is 9.90 Å². The van der Waals surface area contributed by atoms with Gasteiger partial charge in [0.2, 0.25) is 6.33 Å². The molecule has 4 nitrogen and oxygen atoms in total. The highest BCUT2D eigenvalue weighted by atomic mass is 16.4. The average Bonchev–Trinajstić information content (AvgIpc) is 2.47. The summed E-state index contributed by atoms with van der Waals surface area (Å²) in [6, 6.07) is 0. The smallest absolute Gasteiger partial charge is 0.244 e. The predicted octanol–water partition coefficient (Wildman–Crippen LogP) is -0.428. The molecular weight excluding hydrogens is 180 g/mol. The Balaban J connectivity index is 2.46. The molecule has 0 unspecified atom stereocenters. The van der Waals surface area contributed by atoms with Crippen LogP contribution >= 0.6 is 0 Å². The molecule has 0 saturated carbocycles. The minimum atomic E-state index is -1.06. The highest BCUT2D eigenvalue weighted by Gasteiger charge is 2.04. The first kappa shape index (κ1) is 10.8. The number of carbonyl (C=O) groups is 1. The first-order valence-electron chi connectivity index (χ1n) is 4.82. The highest BCUT2D eigenvalue weighted by Crippen LogP contribution is 2.01. The maximum absolute atomic E-state index is 10.3. The summed E-state index contributed by atoms with van der Waals surface area (Å²) in [5.74, 6) is -0.399. The van der Waals surface area contributed by atoms with Crippen LogP contribution in [-0.4, -0.2) is 10.5 Å². The van der Waals surface area contributed by atoms with Gasteiger partial charge >= 0.3 is 0 Å². The summed E-state index contributed by atoms with van der Waals surface area (Å²) in [7, 11) is 0. The van der Waals surface area contributed by atoms with Crippen LogP contribution in [0.15, 0.2) is 18.7 Å². The van der Waals surface area contributed by atoms with Crippen LogP contribution in [0.2, 0.25) is 0 Å². The fourth-order valence-corrected chi connectivity index (χ4v) is 1.22. The molecule has 0 atom stereocenters. The predicted molar refractivity (Wildman–Crippen MR) is 49.1 cm³/mol. The molecule has 0 aliphatic carbocycles. The van der Waals surface area contributed by atoms with Gasteiger partial charge in [-0.1, -0.05) is 13.8 Å². The molecule has 0 radical (unpaired) electrons. The summed E-state index contributed by atoms with van der Waals surface area (Å²) in [4.78, 5) is 10.3. The van der Waals surface area contributed by atoms with Gasteiger partial charge in [0.15, 0.2) is 0 Å². The lowest BCUT2D eigenvalue weighted by Crippen LogP contribution is -2.42. The molecule has 0 saturated heterocycles. The minimum absolute atomic E-state index is 0.0747. The Kier molecular flexibility index (Phi) is 3.68. The number of aromatic nitrogens is 2. The number of hydrogen-bond acceptors (Lipinski definition) is 2. The molecule has 1 aromatic heterocycles. The largest absolute Gasteiger partial charge is 0.546 e. The minimum Gasteiger partial charge on any atom is -0.546 e. The third kappa shape index (κ3) is 3.60. The molecule has 0 aliphatic rings. The zero-order valence-corrected chi connectivity index (χ0v) is 8.64. The van der Waals surface area contributed by atoms with Crippen molar-refractivity contribution in [2.45, 2.75) is 33.4 Å². The van der Waals surface area contributed by atoms with Crippen molar-refractivity contribution < 1.29 is 14.5 Å². The van der Waals surface area contributed by atoms with Crippen molar-refractivity contribution in [2.24, 2.45) is 5.92 Å². The van der Waals surface area contributed by atoms with Crippen molar-refractivity contribution in [3.05, 3.63) is 18.7 Å². The molecule has 0 bridgehead atoms. The summed E-state index contributed by atoms with van der Waals surface area (Å²) in [5, 5.41) is 10.3. The van der Waals surface area contributed by atoms with Gasteiger partial charge in [0.05, 0.1) is 12.5 Å². The number of nitrogens with zero attached hydrogens (tertiary/aromatic N) is 2. The van der Waals surface area contributed by atoms with E-state index in [1.165, 1.54) is 0 Å². The molecule has 0 amide bonds. The van der Waals surface area contributed by atoms with E-state index in [1.54, 1.807) is 17.1 Å². The molecule has 0 N–H and O–H groups in total. The molecule has 4 heteroatoms.